The summed E-state index contributed by atoms with van der Waals surface area (Å²) in [5, 5.41) is -3.11. The molecule has 0 aliphatic rings. The molecule has 0 unspecified atom stereocenters. The van der Waals surface area contributed by atoms with Crippen molar-refractivity contribution in [3.63, 3.8) is 0 Å². The molecule has 0 aliphatic heterocycles. The third-order valence-corrected chi connectivity index (χ3v) is 0. The van der Waals surface area contributed by atoms with Crippen molar-refractivity contribution in [1.29, 1.82) is 0 Å². The average Bonchev–Trinajstić information content (AvgIpc) is 0.722. The number of rotatable bonds is 0. The topological polar surface area (TPSA) is 17.1 Å². The largest absolute Gasteiger partial charge is 0.510 e. The standard InChI is InChI=1S/Cl3HOP/c1-5(2,3)4/h1H/q+1. The van der Waals surface area contributed by atoms with Crippen molar-refractivity contribution < 1.29 is 15.8 Å². The lowest BCUT2D eigenvalue weighted by molar-refractivity contribution is -0.162. The maximum atomic E-state index is 9.56. The van der Waals surface area contributed by atoms with Gasteiger partial charge < -0.3 is 0 Å². The van der Waals surface area contributed by atoms with Crippen LogP contribution in [0.4, 0.5) is 0 Å². The first-order valence-corrected chi connectivity index (χ1v) is 5.23. The quantitative estimate of drug-likeness (QED) is 0.487. The van der Waals surface area contributed by atoms with Gasteiger partial charge in [0.1, 0.15) is 0 Å². The lowest BCUT2D eigenvalue weighted by Gasteiger charge is -1.62. The van der Waals surface area contributed by atoms with E-state index in [1.165, 1.54) is 0 Å². The molecule has 32 valence electrons. The first-order chi connectivity index (χ1) is 2.00. The van der Waals surface area contributed by atoms with Gasteiger partial charge in [0.25, 0.3) is 0 Å². The first-order valence-electron chi connectivity index (χ1n) is 0.703. The van der Waals surface area contributed by atoms with E-state index in [0.717, 1.165) is 0 Å². The fraction of sp³-hybridized carbons (Fsp3) is 0. The number of hydrogen-bond acceptors (Lipinski definition) is 1. The van der Waals surface area contributed by atoms with E-state index in [2.05, 4.69) is 33.7 Å². The highest BCUT2D eigenvalue weighted by Crippen LogP contribution is 2.53. The molecule has 0 aromatic rings. The van der Waals surface area contributed by atoms with Gasteiger partial charge in [-0.1, -0.05) is 0 Å². The van der Waals surface area contributed by atoms with E-state index < -0.39 is 5.20 Å². The van der Waals surface area contributed by atoms with E-state index in [4.69, 9.17) is 0 Å². The number of hydrogen-bond donors (Lipinski definition) is 0. The van der Waals surface area contributed by atoms with Gasteiger partial charge in [-0.15, -0.1) is 0 Å². The summed E-state index contributed by atoms with van der Waals surface area (Å²) in [5.74, 6) is 0. The maximum absolute atomic E-state index is 9.56. The summed E-state index contributed by atoms with van der Waals surface area (Å²) < 4.78 is 9.56. The molecule has 5 heavy (non-hydrogen) atoms. The molecule has 0 aliphatic carbocycles. The molecule has 0 N–H and O–H groups in total. The monoisotopic (exact) mass is 153 g/mol. The van der Waals surface area contributed by atoms with Crippen LogP contribution in [0.2, 0.25) is 0 Å². The van der Waals surface area contributed by atoms with Crippen LogP contribution in [0.15, 0.2) is 0 Å². The van der Waals surface area contributed by atoms with E-state index in [9.17, 15) is 4.57 Å². The van der Waals surface area contributed by atoms with Crippen molar-refractivity contribution in [3.05, 3.63) is 0 Å². The second-order valence-electron chi connectivity index (χ2n) is 0.414. The number of halogens is 3. The fourth-order valence-corrected chi connectivity index (χ4v) is 0. The van der Waals surface area contributed by atoms with Crippen LogP contribution in [0.5, 0.6) is 0 Å². The molecule has 0 saturated heterocycles. The van der Waals surface area contributed by atoms with Crippen LogP contribution >= 0.6 is 27.7 Å². The van der Waals surface area contributed by atoms with Gasteiger partial charge in [0.15, 0.2) is 11.2 Å². The highest BCUT2D eigenvalue weighted by molar-refractivity contribution is 8.03. The van der Waals surface area contributed by atoms with Crippen LogP contribution in [0.25, 0.3) is 0 Å². The van der Waals surface area contributed by atoms with Gasteiger partial charge in [-0.05, 0) is 0 Å². The Kier molecular flexibility index (Phi) is 2.07. The van der Waals surface area contributed by atoms with Crippen LogP contribution in [-0.2, 0) is 4.57 Å². The molecular weight excluding hydrogens is 153 g/mol. The predicted octanol–water partition coefficient (Wildman–Crippen LogP) is 1.85. The molecule has 0 fully saturated rings. The van der Waals surface area contributed by atoms with Crippen molar-refractivity contribution in [2.75, 3.05) is 0 Å². The summed E-state index contributed by atoms with van der Waals surface area (Å²) in [6.07, 6.45) is 0. The van der Waals surface area contributed by atoms with E-state index in [0.29, 0.717) is 0 Å². The summed E-state index contributed by atoms with van der Waals surface area (Å²) in [7, 11) is 0. The second kappa shape index (κ2) is 1.70. The van der Waals surface area contributed by atoms with Gasteiger partial charge in [0, 0.05) is 22.5 Å². The predicted molar refractivity (Wildman–Crippen MR) is 20.7 cm³/mol. The molecule has 0 saturated carbocycles. The fourth-order valence-electron chi connectivity index (χ4n) is 0. The van der Waals surface area contributed by atoms with Crippen molar-refractivity contribution in [3.8, 4) is 0 Å². The van der Waals surface area contributed by atoms with E-state index in [1.807, 2.05) is 0 Å². The zero-order chi connectivity index (χ0) is 4.50. The van der Waals surface area contributed by atoms with Crippen molar-refractivity contribution in [2.45, 2.75) is 0 Å². The minimum atomic E-state index is -3.11. The van der Waals surface area contributed by atoms with Gasteiger partial charge in [-0.3, -0.25) is 0 Å². The zero-order valence-electron chi connectivity index (χ0n) is 2.02. The molecule has 1 nitrogen and oxygen atoms in total. The van der Waals surface area contributed by atoms with Crippen molar-refractivity contribution >= 4 is 27.7 Å². The maximum Gasteiger partial charge on any atom is 0.510 e. The highest BCUT2D eigenvalue weighted by atomic mass is 36.0. The van der Waals surface area contributed by atoms with Crippen molar-refractivity contribution in [1.82, 2.24) is 0 Å². The summed E-state index contributed by atoms with van der Waals surface area (Å²) in [6.45, 7) is 0. The third kappa shape index (κ3) is 40.5. The van der Waals surface area contributed by atoms with Crippen LogP contribution in [0.1, 0.15) is 0 Å². The molecule has 0 atom stereocenters. The normalized spacial score (nSPS) is 11.8. The summed E-state index contributed by atoms with van der Waals surface area (Å²) in [4.78, 5) is 0. The zero-order valence-corrected chi connectivity index (χ0v) is 5.24. The average molecular weight is 154 g/mol. The van der Waals surface area contributed by atoms with Crippen LogP contribution in [0.3, 0.4) is 0 Å². The van der Waals surface area contributed by atoms with E-state index in [-0.39, 0.29) is 0 Å². The summed E-state index contributed by atoms with van der Waals surface area (Å²) >= 11 is 13.2. The minimum absolute atomic E-state index is 3.11. The molecule has 0 bridgehead atoms. The van der Waals surface area contributed by atoms with Gasteiger partial charge in [0.2, 0.25) is 0 Å². The first kappa shape index (κ1) is 6.10. The van der Waals surface area contributed by atoms with Gasteiger partial charge in [-0.25, -0.2) is 4.57 Å². The van der Waals surface area contributed by atoms with Crippen LogP contribution < -0.4 is 0 Å². The SMILES string of the molecule is O=P(Cl)(Cl)[ClH+]. The Hall–Kier alpha value is 1.10. The third-order valence-electron chi connectivity index (χ3n) is 0. The Morgan fingerprint density at radius 2 is 1.60 bits per heavy atom. The highest BCUT2D eigenvalue weighted by Gasteiger charge is 2.16. The van der Waals surface area contributed by atoms with Crippen molar-refractivity contribution in [2.24, 2.45) is 0 Å². The van der Waals surface area contributed by atoms with Crippen LogP contribution in [-0.4, -0.2) is 0 Å². The second-order valence-corrected chi connectivity index (χ2v) is 7.36. The Labute approximate surface area is 44.0 Å². The molecule has 0 aromatic carbocycles. The molecule has 0 heterocycles. The van der Waals surface area contributed by atoms with E-state index in [1.54, 1.807) is 0 Å². The van der Waals surface area contributed by atoms with Crippen LogP contribution in [0, 0.1) is 11.2 Å². The lowest BCUT2D eigenvalue weighted by Crippen LogP contribution is -1.31. The molecule has 0 radical (unpaired) electrons. The molecule has 5 heteroatoms. The van der Waals surface area contributed by atoms with Gasteiger partial charge >= 0.3 is 5.20 Å². The Bertz CT molecular complexity index is 53.0. The summed E-state index contributed by atoms with van der Waals surface area (Å²) in [6, 6.07) is 0. The molecule has 0 amide bonds. The minimum Gasteiger partial charge on any atom is -0.221 e. The molecule has 0 aromatic heterocycles. The summed E-state index contributed by atoms with van der Waals surface area (Å²) in [5.41, 5.74) is 0. The van der Waals surface area contributed by atoms with Gasteiger partial charge in [-0.2, -0.15) is 0 Å². The molecule has 0 rings (SSSR count). The molecule has 0 spiro atoms. The lowest BCUT2D eigenvalue weighted by atomic mass is 16.0. The van der Waals surface area contributed by atoms with Gasteiger partial charge in [0.05, 0.1) is 0 Å². The molecular formula is HCl3OP+. The Balaban J connectivity index is 3.47. The smallest absolute Gasteiger partial charge is 0.221 e. The Morgan fingerprint density at radius 1 is 1.60 bits per heavy atom. The van der Waals surface area contributed by atoms with E-state index >= 15 is 0 Å². The Morgan fingerprint density at radius 3 is 1.60 bits per heavy atom.